The Bertz CT molecular complexity index is 1050. The van der Waals surface area contributed by atoms with Gasteiger partial charge in [-0.1, -0.05) is 69.3 Å². The first-order valence-electron chi connectivity index (χ1n) is 10.0. The molecule has 0 heterocycles. The van der Waals surface area contributed by atoms with Gasteiger partial charge in [0, 0.05) is 5.69 Å². The number of carbonyl (C=O) groups is 2. The molecule has 3 rings (SSSR count). The molecule has 0 aromatic heterocycles. The van der Waals surface area contributed by atoms with Crippen molar-refractivity contribution in [2.45, 2.75) is 32.7 Å². The molecule has 0 aliphatic heterocycles. The third-order valence-electron chi connectivity index (χ3n) is 5.12. The fourth-order valence-electron chi connectivity index (χ4n) is 3.25. The molecular formula is C26H26FNO3. The van der Waals surface area contributed by atoms with Crippen LogP contribution in [0.1, 0.15) is 31.9 Å². The summed E-state index contributed by atoms with van der Waals surface area (Å²) in [6.45, 7) is 6.64. The first-order valence-corrected chi connectivity index (χ1v) is 10.0. The standard InChI is InChI=1S/C26H26FNO3/c1-26(2,3)21-11-5-18(6-12-21)17-28(24(29)25(30)31-4)23-15-9-20(10-16-23)19-7-13-22(27)14-8-19/h5-16H,17H2,1-4H3. The Hall–Kier alpha value is -3.47. The van der Waals surface area contributed by atoms with Crippen molar-refractivity contribution in [2.24, 2.45) is 0 Å². The van der Waals surface area contributed by atoms with Gasteiger partial charge in [0.05, 0.1) is 13.7 Å². The lowest BCUT2D eigenvalue weighted by Gasteiger charge is -2.23. The summed E-state index contributed by atoms with van der Waals surface area (Å²) in [5.41, 5.74) is 4.41. The molecule has 0 unspecified atom stereocenters. The molecule has 4 nitrogen and oxygen atoms in total. The Labute approximate surface area is 182 Å². The van der Waals surface area contributed by atoms with Gasteiger partial charge in [-0.15, -0.1) is 0 Å². The van der Waals surface area contributed by atoms with Crippen LogP contribution < -0.4 is 4.90 Å². The molecule has 0 bridgehead atoms. The second-order valence-electron chi connectivity index (χ2n) is 8.38. The molecule has 0 spiro atoms. The molecule has 1 amide bonds. The molecule has 3 aromatic rings. The highest BCUT2D eigenvalue weighted by Gasteiger charge is 2.24. The van der Waals surface area contributed by atoms with Crippen LogP contribution in [0.4, 0.5) is 10.1 Å². The number of methoxy groups -OCH3 is 1. The van der Waals surface area contributed by atoms with Gasteiger partial charge in [-0.25, -0.2) is 9.18 Å². The predicted octanol–water partition coefficient (Wildman–Crippen LogP) is 5.50. The van der Waals surface area contributed by atoms with Gasteiger partial charge in [0.2, 0.25) is 0 Å². The van der Waals surface area contributed by atoms with Crippen molar-refractivity contribution in [3.8, 4) is 11.1 Å². The van der Waals surface area contributed by atoms with Crippen LogP contribution in [0.5, 0.6) is 0 Å². The van der Waals surface area contributed by atoms with E-state index in [1.165, 1.54) is 29.7 Å². The molecular weight excluding hydrogens is 393 g/mol. The topological polar surface area (TPSA) is 46.6 Å². The second kappa shape index (κ2) is 9.13. The van der Waals surface area contributed by atoms with Crippen LogP contribution in [0.25, 0.3) is 11.1 Å². The number of hydrogen-bond donors (Lipinski definition) is 0. The summed E-state index contributed by atoms with van der Waals surface area (Å²) >= 11 is 0. The van der Waals surface area contributed by atoms with E-state index in [4.69, 9.17) is 0 Å². The van der Waals surface area contributed by atoms with Gasteiger partial charge >= 0.3 is 11.9 Å². The zero-order chi connectivity index (χ0) is 22.6. The number of amides is 1. The molecule has 0 aliphatic carbocycles. The summed E-state index contributed by atoms with van der Waals surface area (Å²) in [6.07, 6.45) is 0. The van der Waals surface area contributed by atoms with E-state index < -0.39 is 11.9 Å². The summed E-state index contributed by atoms with van der Waals surface area (Å²) in [4.78, 5) is 26.1. The van der Waals surface area contributed by atoms with E-state index in [-0.39, 0.29) is 17.8 Å². The van der Waals surface area contributed by atoms with Gasteiger partial charge in [-0.05, 0) is 51.9 Å². The molecule has 0 radical (unpaired) electrons. The Morgan fingerprint density at radius 1 is 0.839 bits per heavy atom. The maximum absolute atomic E-state index is 13.2. The fraction of sp³-hybridized carbons (Fsp3) is 0.231. The fourth-order valence-corrected chi connectivity index (χ4v) is 3.25. The zero-order valence-electron chi connectivity index (χ0n) is 18.2. The third kappa shape index (κ3) is 5.37. The van der Waals surface area contributed by atoms with Crippen molar-refractivity contribution in [3.63, 3.8) is 0 Å². The summed E-state index contributed by atoms with van der Waals surface area (Å²) in [7, 11) is 1.19. The SMILES string of the molecule is COC(=O)C(=O)N(Cc1ccc(C(C)(C)C)cc1)c1ccc(-c2ccc(F)cc2)cc1. The summed E-state index contributed by atoms with van der Waals surface area (Å²) in [5.74, 6) is -1.96. The number of ether oxygens (including phenoxy) is 1. The number of nitrogens with zero attached hydrogens (tertiary/aromatic N) is 1. The maximum Gasteiger partial charge on any atom is 0.397 e. The molecule has 0 saturated heterocycles. The quantitative estimate of drug-likeness (QED) is 0.415. The molecule has 0 fully saturated rings. The van der Waals surface area contributed by atoms with Crippen molar-refractivity contribution in [3.05, 3.63) is 89.7 Å². The molecule has 5 heteroatoms. The first kappa shape index (κ1) is 22.2. The van der Waals surface area contributed by atoms with Crippen LogP contribution in [0.15, 0.2) is 72.8 Å². The van der Waals surface area contributed by atoms with E-state index in [2.05, 4.69) is 25.5 Å². The van der Waals surface area contributed by atoms with Crippen molar-refractivity contribution in [2.75, 3.05) is 12.0 Å². The minimum atomic E-state index is -0.922. The largest absolute Gasteiger partial charge is 0.462 e. The predicted molar refractivity (Wildman–Crippen MR) is 120 cm³/mol. The molecule has 0 atom stereocenters. The van der Waals surface area contributed by atoms with Crippen LogP contribution in [0, 0.1) is 5.82 Å². The van der Waals surface area contributed by atoms with E-state index in [0.717, 1.165) is 16.7 Å². The molecule has 0 aliphatic rings. The minimum absolute atomic E-state index is 0.0240. The van der Waals surface area contributed by atoms with Crippen molar-refractivity contribution in [1.29, 1.82) is 0 Å². The van der Waals surface area contributed by atoms with Gasteiger partial charge in [0.15, 0.2) is 0 Å². The summed E-state index contributed by atoms with van der Waals surface area (Å²) in [6, 6.07) is 21.4. The van der Waals surface area contributed by atoms with Crippen molar-refractivity contribution >= 4 is 17.6 Å². The average Bonchev–Trinajstić information content (AvgIpc) is 2.77. The maximum atomic E-state index is 13.2. The van der Waals surface area contributed by atoms with Crippen LogP contribution in [-0.2, 0) is 26.3 Å². The van der Waals surface area contributed by atoms with E-state index in [1.807, 2.05) is 36.4 Å². The lowest BCUT2D eigenvalue weighted by atomic mass is 9.87. The molecule has 0 N–H and O–H groups in total. The van der Waals surface area contributed by atoms with Gasteiger partial charge in [0.1, 0.15) is 5.82 Å². The highest BCUT2D eigenvalue weighted by atomic mass is 19.1. The average molecular weight is 419 g/mol. The van der Waals surface area contributed by atoms with Crippen LogP contribution in [0.2, 0.25) is 0 Å². The highest BCUT2D eigenvalue weighted by molar-refractivity contribution is 6.38. The van der Waals surface area contributed by atoms with E-state index in [1.54, 1.807) is 24.3 Å². The smallest absolute Gasteiger partial charge is 0.397 e. The number of halogens is 1. The number of esters is 1. The van der Waals surface area contributed by atoms with E-state index in [0.29, 0.717) is 5.69 Å². The van der Waals surface area contributed by atoms with E-state index >= 15 is 0 Å². The van der Waals surface area contributed by atoms with Gasteiger partial charge in [0.25, 0.3) is 0 Å². The Morgan fingerprint density at radius 2 is 1.35 bits per heavy atom. The minimum Gasteiger partial charge on any atom is -0.462 e. The normalized spacial score (nSPS) is 11.1. The first-order chi connectivity index (χ1) is 14.7. The van der Waals surface area contributed by atoms with E-state index in [9.17, 15) is 14.0 Å². The monoisotopic (exact) mass is 419 g/mol. The van der Waals surface area contributed by atoms with Gasteiger partial charge in [-0.2, -0.15) is 0 Å². The Morgan fingerprint density at radius 3 is 1.84 bits per heavy atom. The van der Waals surface area contributed by atoms with Crippen LogP contribution in [-0.4, -0.2) is 19.0 Å². The molecule has 3 aromatic carbocycles. The van der Waals surface area contributed by atoms with Gasteiger partial charge in [-0.3, -0.25) is 9.69 Å². The van der Waals surface area contributed by atoms with Crippen LogP contribution in [0.3, 0.4) is 0 Å². The molecule has 31 heavy (non-hydrogen) atoms. The lowest BCUT2D eigenvalue weighted by Crippen LogP contribution is -2.36. The number of benzene rings is 3. The Kier molecular flexibility index (Phi) is 6.54. The highest BCUT2D eigenvalue weighted by Crippen LogP contribution is 2.26. The molecule has 0 saturated carbocycles. The number of hydrogen-bond acceptors (Lipinski definition) is 3. The second-order valence-corrected chi connectivity index (χ2v) is 8.38. The lowest BCUT2D eigenvalue weighted by molar-refractivity contribution is -0.151. The third-order valence-corrected chi connectivity index (χ3v) is 5.12. The zero-order valence-corrected chi connectivity index (χ0v) is 18.2. The van der Waals surface area contributed by atoms with Crippen molar-refractivity contribution < 1.29 is 18.7 Å². The summed E-state index contributed by atoms with van der Waals surface area (Å²) in [5, 5.41) is 0. The number of anilines is 1. The Balaban J connectivity index is 1.89. The summed E-state index contributed by atoms with van der Waals surface area (Å²) < 4.78 is 17.8. The van der Waals surface area contributed by atoms with Crippen molar-refractivity contribution in [1.82, 2.24) is 0 Å². The van der Waals surface area contributed by atoms with Crippen LogP contribution >= 0.6 is 0 Å². The number of rotatable bonds is 4. The number of carbonyl (C=O) groups excluding carboxylic acids is 2. The van der Waals surface area contributed by atoms with Gasteiger partial charge < -0.3 is 4.74 Å². The molecule has 160 valence electrons.